The summed E-state index contributed by atoms with van der Waals surface area (Å²) in [6, 6.07) is 14.5. The molecule has 0 radical (unpaired) electrons. The Morgan fingerprint density at radius 1 is 0.929 bits per heavy atom. The highest BCUT2D eigenvalue weighted by Gasteiger charge is 2.42. The molecule has 0 atom stereocenters. The maximum absolute atomic E-state index is 13.2. The van der Waals surface area contributed by atoms with E-state index in [9.17, 15) is 4.79 Å². The van der Waals surface area contributed by atoms with Gasteiger partial charge in [0.05, 0.1) is 5.41 Å². The highest BCUT2D eigenvalue weighted by atomic mass is 16.2. The number of pyridine rings is 1. The standard InChI is InChI=1S/C24H31N3O/c28-23(24(14-6-7-15-24)21-10-4-3-5-11-21)26-19-20-12-13-22(25-18-20)27-16-8-1-2-9-17-27/h3-5,10-13,18H,1-2,6-9,14-17,19H2,(H,26,28). The van der Waals surface area contributed by atoms with Gasteiger partial charge in [-0.05, 0) is 42.9 Å². The van der Waals surface area contributed by atoms with Crippen LogP contribution in [0, 0.1) is 0 Å². The molecule has 1 amide bonds. The number of rotatable bonds is 5. The minimum atomic E-state index is -0.360. The molecule has 2 aromatic rings. The molecule has 0 spiro atoms. The van der Waals surface area contributed by atoms with Gasteiger partial charge in [0.2, 0.25) is 5.91 Å². The van der Waals surface area contributed by atoms with Gasteiger partial charge < -0.3 is 10.2 Å². The number of carbonyl (C=O) groups excluding carboxylic acids is 1. The first-order valence-electron chi connectivity index (χ1n) is 10.8. The Morgan fingerprint density at radius 2 is 1.64 bits per heavy atom. The van der Waals surface area contributed by atoms with Crippen molar-refractivity contribution in [3.8, 4) is 0 Å². The van der Waals surface area contributed by atoms with Crippen LogP contribution in [0.1, 0.15) is 62.5 Å². The number of carbonyl (C=O) groups is 1. The fraction of sp³-hybridized carbons (Fsp3) is 0.500. The van der Waals surface area contributed by atoms with E-state index in [0.717, 1.165) is 55.7 Å². The highest BCUT2D eigenvalue weighted by Crippen LogP contribution is 2.41. The van der Waals surface area contributed by atoms with Crippen LogP contribution >= 0.6 is 0 Å². The van der Waals surface area contributed by atoms with E-state index in [1.807, 2.05) is 24.4 Å². The summed E-state index contributed by atoms with van der Waals surface area (Å²) in [4.78, 5) is 20.2. The first-order chi connectivity index (χ1) is 13.8. The molecule has 4 heteroatoms. The smallest absolute Gasteiger partial charge is 0.230 e. The Balaban J connectivity index is 1.40. The lowest BCUT2D eigenvalue weighted by atomic mass is 9.78. The maximum atomic E-state index is 13.2. The number of amides is 1. The van der Waals surface area contributed by atoms with Gasteiger partial charge >= 0.3 is 0 Å². The first kappa shape index (κ1) is 19.0. The Morgan fingerprint density at radius 3 is 2.29 bits per heavy atom. The van der Waals surface area contributed by atoms with Gasteiger partial charge in [0.1, 0.15) is 5.82 Å². The molecule has 28 heavy (non-hydrogen) atoms. The lowest BCUT2D eigenvalue weighted by Gasteiger charge is -2.28. The molecule has 2 aliphatic rings. The third-order valence-corrected chi connectivity index (χ3v) is 6.41. The van der Waals surface area contributed by atoms with Gasteiger partial charge in [-0.15, -0.1) is 0 Å². The molecule has 1 aliphatic heterocycles. The first-order valence-corrected chi connectivity index (χ1v) is 10.8. The predicted molar refractivity (Wildman–Crippen MR) is 113 cm³/mol. The number of anilines is 1. The van der Waals surface area contributed by atoms with E-state index in [0.29, 0.717) is 6.54 Å². The number of hydrogen-bond acceptors (Lipinski definition) is 3. The molecule has 1 saturated heterocycles. The lowest BCUT2D eigenvalue weighted by Crippen LogP contribution is -2.42. The number of hydrogen-bond donors (Lipinski definition) is 1. The summed E-state index contributed by atoms with van der Waals surface area (Å²) in [6.45, 7) is 2.74. The van der Waals surface area contributed by atoms with Crippen LogP contribution in [0.25, 0.3) is 0 Å². The summed E-state index contributed by atoms with van der Waals surface area (Å²) in [6.07, 6.45) is 11.2. The Kier molecular flexibility index (Phi) is 5.94. The van der Waals surface area contributed by atoms with Crippen molar-refractivity contribution in [2.75, 3.05) is 18.0 Å². The minimum absolute atomic E-state index is 0.160. The van der Waals surface area contributed by atoms with Gasteiger partial charge in [0.25, 0.3) is 0 Å². The van der Waals surface area contributed by atoms with Gasteiger partial charge in [-0.3, -0.25) is 4.79 Å². The molecule has 2 fully saturated rings. The second-order valence-corrected chi connectivity index (χ2v) is 8.26. The monoisotopic (exact) mass is 377 g/mol. The van der Waals surface area contributed by atoms with Gasteiger partial charge in [-0.25, -0.2) is 4.98 Å². The lowest BCUT2D eigenvalue weighted by molar-refractivity contribution is -0.126. The van der Waals surface area contributed by atoms with Crippen LogP contribution in [0.15, 0.2) is 48.7 Å². The van der Waals surface area contributed by atoms with Crippen LogP contribution in [0.3, 0.4) is 0 Å². The second kappa shape index (κ2) is 8.76. The Bertz CT molecular complexity index is 758. The summed E-state index contributed by atoms with van der Waals surface area (Å²) in [5.74, 6) is 1.22. The number of nitrogens with zero attached hydrogens (tertiary/aromatic N) is 2. The van der Waals surface area contributed by atoms with E-state index in [1.165, 1.54) is 25.7 Å². The molecule has 0 unspecified atom stereocenters. The average Bonchev–Trinajstić information content (AvgIpc) is 3.10. The van der Waals surface area contributed by atoms with Gasteiger partial charge in [-0.1, -0.05) is 62.1 Å². The maximum Gasteiger partial charge on any atom is 0.230 e. The largest absolute Gasteiger partial charge is 0.357 e. The van der Waals surface area contributed by atoms with Crippen molar-refractivity contribution in [3.63, 3.8) is 0 Å². The molecule has 1 saturated carbocycles. The Hall–Kier alpha value is -2.36. The third kappa shape index (κ3) is 4.06. The van der Waals surface area contributed by atoms with Crippen molar-refractivity contribution in [2.45, 2.75) is 63.3 Å². The van der Waals surface area contributed by atoms with Crippen molar-refractivity contribution in [2.24, 2.45) is 0 Å². The molecular weight excluding hydrogens is 346 g/mol. The van der Waals surface area contributed by atoms with E-state index in [2.05, 4.69) is 39.5 Å². The topological polar surface area (TPSA) is 45.2 Å². The van der Waals surface area contributed by atoms with Gasteiger partial charge in [0, 0.05) is 25.8 Å². The predicted octanol–water partition coefficient (Wildman–Crippen LogP) is 4.59. The molecule has 1 aromatic carbocycles. The number of aromatic nitrogens is 1. The fourth-order valence-electron chi connectivity index (χ4n) is 4.74. The molecular formula is C24H31N3O. The molecule has 1 aromatic heterocycles. The van der Waals surface area contributed by atoms with Crippen LogP contribution in [-0.4, -0.2) is 24.0 Å². The van der Waals surface area contributed by atoms with E-state index in [4.69, 9.17) is 0 Å². The summed E-state index contributed by atoms with van der Waals surface area (Å²) in [7, 11) is 0. The molecule has 1 N–H and O–H groups in total. The average molecular weight is 378 g/mol. The third-order valence-electron chi connectivity index (χ3n) is 6.41. The van der Waals surface area contributed by atoms with Crippen LogP contribution < -0.4 is 10.2 Å². The van der Waals surface area contributed by atoms with Gasteiger partial charge in [0.15, 0.2) is 0 Å². The van der Waals surface area contributed by atoms with Crippen molar-refractivity contribution < 1.29 is 4.79 Å². The summed E-state index contributed by atoms with van der Waals surface area (Å²) in [5.41, 5.74) is 1.86. The molecule has 1 aliphatic carbocycles. The summed E-state index contributed by atoms with van der Waals surface area (Å²) in [5, 5.41) is 3.20. The van der Waals surface area contributed by atoms with Gasteiger partial charge in [-0.2, -0.15) is 0 Å². The quantitative estimate of drug-likeness (QED) is 0.829. The zero-order valence-corrected chi connectivity index (χ0v) is 16.7. The van der Waals surface area contributed by atoms with Crippen LogP contribution in [-0.2, 0) is 16.8 Å². The zero-order chi connectivity index (χ0) is 19.2. The van der Waals surface area contributed by atoms with Crippen molar-refractivity contribution in [1.82, 2.24) is 10.3 Å². The molecule has 4 nitrogen and oxygen atoms in total. The molecule has 2 heterocycles. The van der Waals surface area contributed by atoms with Crippen LogP contribution in [0.4, 0.5) is 5.82 Å². The Labute approximate surface area is 168 Å². The van der Waals surface area contributed by atoms with E-state index >= 15 is 0 Å². The molecule has 0 bridgehead atoms. The SMILES string of the molecule is O=C(NCc1ccc(N2CCCCCC2)nc1)C1(c2ccccc2)CCCC1. The number of benzene rings is 1. The van der Waals surface area contributed by atoms with E-state index in [-0.39, 0.29) is 11.3 Å². The zero-order valence-electron chi connectivity index (χ0n) is 16.7. The second-order valence-electron chi connectivity index (χ2n) is 8.26. The summed E-state index contributed by atoms with van der Waals surface area (Å²) >= 11 is 0. The minimum Gasteiger partial charge on any atom is -0.357 e. The van der Waals surface area contributed by atoms with E-state index < -0.39 is 0 Å². The van der Waals surface area contributed by atoms with Crippen LogP contribution in [0.5, 0.6) is 0 Å². The number of nitrogens with one attached hydrogen (secondary N) is 1. The van der Waals surface area contributed by atoms with Crippen molar-refractivity contribution >= 4 is 11.7 Å². The normalized spacial score (nSPS) is 19.2. The van der Waals surface area contributed by atoms with Crippen molar-refractivity contribution in [3.05, 3.63) is 59.8 Å². The van der Waals surface area contributed by atoms with E-state index in [1.54, 1.807) is 0 Å². The van der Waals surface area contributed by atoms with Crippen molar-refractivity contribution in [1.29, 1.82) is 0 Å². The van der Waals surface area contributed by atoms with Crippen LogP contribution in [0.2, 0.25) is 0 Å². The molecule has 4 rings (SSSR count). The molecule has 148 valence electrons. The fourth-order valence-corrected chi connectivity index (χ4v) is 4.74. The highest BCUT2D eigenvalue weighted by molar-refractivity contribution is 5.88. The summed E-state index contributed by atoms with van der Waals surface area (Å²) < 4.78 is 0.